The Balaban J connectivity index is 2.60. The highest BCUT2D eigenvalue weighted by Crippen LogP contribution is 2.23. The quantitative estimate of drug-likeness (QED) is 0.620. The largest absolute Gasteiger partial charge is 0.307 e. The standard InChI is InChI=1S/C10H8ClN3O3/c1-6(15)5-13-9-3-2-7(14(16)17)4-8(9)12-10(13)11/h2-4H,5H2,1H3. The van der Waals surface area contributed by atoms with Crippen LogP contribution in [-0.2, 0) is 11.3 Å². The molecule has 0 unspecified atom stereocenters. The molecule has 1 aromatic heterocycles. The lowest BCUT2D eigenvalue weighted by Gasteiger charge is -2.01. The maximum atomic E-state index is 11.1. The molecule has 17 heavy (non-hydrogen) atoms. The van der Waals surface area contributed by atoms with E-state index in [-0.39, 0.29) is 23.3 Å². The zero-order chi connectivity index (χ0) is 12.6. The third-order valence-corrected chi connectivity index (χ3v) is 2.57. The lowest BCUT2D eigenvalue weighted by Crippen LogP contribution is -2.05. The van der Waals surface area contributed by atoms with Gasteiger partial charge >= 0.3 is 0 Å². The number of rotatable bonds is 3. The smallest absolute Gasteiger partial charge is 0.271 e. The van der Waals surface area contributed by atoms with Gasteiger partial charge in [-0.05, 0) is 24.6 Å². The van der Waals surface area contributed by atoms with Crippen molar-refractivity contribution in [2.24, 2.45) is 0 Å². The van der Waals surface area contributed by atoms with Gasteiger partial charge in [-0.1, -0.05) is 0 Å². The Morgan fingerprint density at radius 3 is 2.88 bits per heavy atom. The Morgan fingerprint density at radius 1 is 1.59 bits per heavy atom. The fourth-order valence-electron chi connectivity index (χ4n) is 1.58. The topological polar surface area (TPSA) is 78.0 Å². The van der Waals surface area contributed by atoms with Crippen LogP contribution in [0.1, 0.15) is 6.92 Å². The molecule has 2 rings (SSSR count). The van der Waals surface area contributed by atoms with Crippen molar-refractivity contribution < 1.29 is 9.72 Å². The number of Topliss-reactive ketones (excluding diaryl/α,β-unsaturated/α-hetero) is 1. The highest BCUT2D eigenvalue weighted by Gasteiger charge is 2.14. The van der Waals surface area contributed by atoms with Gasteiger partial charge in [0, 0.05) is 12.1 Å². The van der Waals surface area contributed by atoms with E-state index in [9.17, 15) is 14.9 Å². The van der Waals surface area contributed by atoms with Crippen molar-refractivity contribution in [3.8, 4) is 0 Å². The van der Waals surface area contributed by atoms with Crippen molar-refractivity contribution in [2.45, 2.75) is 13.5 Å². The van der Waals surface area contributed by atoms with Gasteiger partial charge in [0.15, 0.2) is 0 Å². The highest BCUT2D eigenvalue weighted by molar-refractivity contribution is 6.29. The van der Waals surface area contributed by atoms with E-state index >= 15 is 0 Å². The van der Waals surface area contributed by atoms with Crippen LogP contribution >= 0.6 is 11.6 Å². The van der Waals surface area contributed by atoms with Gasteiger partial charge in [-0.2, -0.15) is 0 Å². The number of aromatic nitrogens is 2. The van der Waals surface area contributed by atoms with Gasteiger partial charge in [0.25, 0.3) is 5.69 Å². The van der Waals surface area contributed by atoms with Gasteiger partial charge in [0.05, 0.1) is 22.5 Å². The molecule has 0 radical (unpaired) electrons. The minimum absolute atomic E-state index is 0.0540. The monoisotopic (exact) mass is 253 g/mol. The van der Waals surface area contributed by atoms with E-state index in [0.29, 0.717) is 11.0 Å². The number of nitro benzene ring substituents is 1. The molecule has 0 bridgehead atoms. The molecule has 0 atom stereocenters. The van der Waals surface area contributed by atoms with Crippen molar-refractivity contribution in [3.63, 3.8) is 0 Å². The van der Waals surface area contributed by atoms with Gasteiger partial charge in [0.2, 0.25) is 5.28 Å². The summed E-state index contributed by atoms with van der Waals surface area (Å²) in [6, 6.07) is 4.23. The number of imidazole rings is 1. The van der Waals surface area contributed by atoms with E-state index in [1.807, 2.05) is 0 Å². The predicted octanol–water partition coefficient (Wildman–Crippen LogP) is 2.19. The zero-order valence-electron chi connectivity index (χ0n) is 8.88. The third-order valence-electron chi connectivity index (χ3n) is 2.28. The van der Waals surface area contributed by atoms with E-state index in [4.69, 9.17) is 11.6 Å². The average molecular weight is 254 g/mol. The number of carbonyl (C=O) groups is 1. The summed E-state index contributed by atoms with van der Waals surface area (Å²) in [5.41, 5.74) is 0.961. The second kappa shape index (κ2) is 4.14. The third kappa shape index (κ3) is 2.12. The molecule has 2 aromatic rings. The Morgan fingerprint density at radius 2 is 2.29 bits per heavy atom. The summed E-state index contributed by atoms with van der Waals surface area (Å²) < 4.78 is 1.52. The second-order valence-corrected chi connectivity index (χ2v) is 3.94. The van der Waals surface area contributed by atoms with Crippen LogP contribution in [0.25, 0.3) is 11.0 Å². The summed E-state index contributed by atoms with van der Waals surface area (Å²) in [6.07, 6.45) is 0. The first-order chi connectivity index (χ1) is 7.99. The van der Waals surface area contributed by atoms with Crippen LogP contribution < -0.4 is 0 Å². The minimum atomic E-state index is -0.503. The molecular formula is C10H8ClN3O3. The molecule has 1 aromatic carbocycles. The molecule has 7 heteroatoms. The number of hydrogen-bond donors (Lipinski definition) is 0. The zero-order valence-corrected chi connectivity index (χ0v) is 9.64. The van der Waals surface area contributed by atoms with Crippen molar-refractivity contribution in [1.29, 1.82) is 0 Å². The van der Waals surface area contributed by atoms with E-state index in [0.717, 1.165) is 0 Å². The molecule has 0 N–H and O–H groups in total. The molecule has 0 saturated heterocycles. The Kier molecular flexibility index (Phi) is 2.81. The predicted molar refractivity (Wildman–Crippen MR) is 62.1 cm³/mol. The first-order valence-corrected chi connectivity index (χ1v) is 5.16. The number of nitro groups is 1. The summed E-state index contributed by atoms with van der Waals surface area (Å²) >= 11 is 5.87. The molecule has 88 valence electrons. The van der Waals surface area contributed by atoms with Crippen LogP contribution in [-0.4, -0.2) is 20.3 Å². The molecule has 0 fully saturated rings. The summed E-state index contributed by atoms with van der Waals surface area (Å²) in [5, 5.41) is 10.7. The van der Waals surface area contributed by atoms with E-state index in [2.05, 4.69) is 4.98 Å². The van der Waals surface area contributed by atoms with Gasteiger partial charge in [-0.15, -0.1) is 0 Å². The Labute approximate surface area is 101 Å². The van der Waals surface area contributed by atoms with Crippen LogP contribution in [0, 0.1) is 10.1 Å². The van der Waals surface area contributed by atoms with Crippen molar-refractivity contribution >= 4 is 34.1 Å². The molecular weight excluding hydrogens is 246 g/mol. The number of ketones is 1. The molecule has 1 heterocycles. The number of hydrogen-bond acceptors (Lipinski definition) is 4. The number of non-ortho nitro benzene ring substituents is 1. The van der Waals surface area contributed by atoms with Gasteiger partial charge in [0.1, 0.15) is 5.78 Å². The minimum Gasteiger partial charge on any atom is -0.307 e. The molecule has 0 aliphatic heterocycles. The lowest BCUT2D eigenvalue weighted by molar-refractivity contribution is -0.384. The van der Waals surface area contributed by atoms with Crippen LogP contribution in [0.4, 0.5) is 5.69 Å². The van der Waals surface area contributed by atoms with Crippen LogP contribution in [0.2, 0.25) is 5.28 Å². The van der Waals surface area contributed by atoms with Gasteiger partial charge < -0.3 is 4.57 Å². The fraction of sp³-hybridized carbons (Fsp3) is 0.200. The average Bonchev–Trinajstić information content (AvgIpc) is 2.54. The first-order valence-electron chi connectivity index (χ1n) is 4.78. The molecule has 0 aliphatic carbocycles. The van der Waals surface area contributed by atoms with E-state index in [1.165, 1.54) is 29.7 Å². The van der Waals surface area contributed by atoms with Crippen LogP contribution in [0.5, 0.6) is 0 Å². The summed E-state index contributed by atoms with van der Waals surface area (Å²) in [4.78, 5) is 25.1. The molecule has 0 spiro atoms. The molecule has 0 aliphatic rings. The fourth-order valence-corrected chi connectivity index (χ4v) is 1.82. The Hall–Kier alpha value is -1.95. The van der Waals surface area contributed by atoms with E-state index < -0.39 is 4.92 Å². The molecule has 0 saturated carbocycles. The number of benzene rings is 1. The molecule has 0 amide bonds. The Bertz CT molecular complexity index is 621. The van der Waals surface area contributed by atoms with Crippen molar-refractivity contribution in [3.05, 3.63) is 33.6 Å². The number of halogens is 1. The normalized spacial score (nSPS) is 10.7. The summed E-state index contributed by atoms with van der Waals surface area (Å²) in [7, 11) is 0. The number of nitrogens with zero attached hydrogens (tertiary/aromatic N) is 3. The van der Waals surface area contributed by atoms with Crippen molar-refractivity contribution in [2.75, 3.05) is 0 Å². The summed E-state index contributed by atoms with van der Waals surface area (Å²) in [5.74, 6) is -0.0652. The maximum absolute atomic E-state index is 11.1. The van der Waals surface area contributed by atoms with Crippen LogP contribution in [0.3, 0.4) is 0 Å². The maximum Gasteiger partial charge on any atom is 0.271 e. The highest BCUT2D eigenvalue weighted by atomic mass is 35.5. The van der Waals surface area contributed by atoms with Gasteiger partial charge in [-0.25, -0.2) is 4.98 Å². The second-order valence-electron chi connectivity index (χ2n) is 3.60. The summed E-state index contributed by atoms with van der Waals surface area (Å²) in [6.45, 7) is 1.54. The van der Waals surface area contributed by atoms with Gasteiger partial charge in [-0.3, -0.25) is 14.9 Å². The lowest BCUT2D eigenvalue weighted by atomic mass is 10.3. The van der Waals surface area contributed by atoms with E-state index in [1.54, 1.807) is 0 Å². The van der Waals surface area contributed by atoms with Crippen LogP contribution in [0.15, 0.2) is 18.2 Å². The first kappa shape index (κ1) is 11.5. The molecule has 6 nitrogen and oxygen atoms in total. The van der Waals surface area contributed by atoms with Crippen molar-refractivity contribution in [1.82, 2.24) is 9.55 Å². The number of fused-ring (bicyclic) bond motifs is 1. The SMILES string of the molecule is CC(=O)Cn1c(Cl)nc2cc([N+](=O)[O-])ccc21. The number of carbonyl (C=O) groups excluding carboxylic acids is 1.